The van der Waals surface area contributed by atoms with Crippen LogP contribution in [0.3, 0.4) is 0 Å². The zero-order valence-electron chi connectivity index (χ0n) is 12.0. The second-order valence-corrected chi connectivity index (χ2v) is 5.10. The van der Waals surface area contributed by atoms with Crippen molar-refractivity contribution in [3.05, 3.63) is 23.2 Å². The second kappa shape index (κ2) is 7.24. The Labute approximate surface area is 120 Å². The summed E-state index contributed by atoms with van der Waals surface area (Å²) >= 11 is 5.98. The van der Waals surface area contributed by atoms with Gasteiger partial charge in [0.05, 0.1) is 11.4 Å². The highest BCUT2D eigenvalue weighted by Gasteiger charge is 2.11. The summed E-state index contributed by atoms with van der Waals surface area (Å²) in [6, 6.07) is 5.44. The van der Waals surface area contributed by atoms with Gasteiger partial charge in [-0.25, -0.2) is 4.79 Å². The number of anilines is 2. The Kier molecular flexibility index (Phi) is 5.96. The molecule has 4 nitrogen and oxygen atoms in total. The van der Waals surface area contributed by atoms with Crippen molar-refractivity contribution >= 4 is 29.0 Å². The van der Waals surface area contributed by atoms with Crippen LogP contribution in [0.1, 0.15) is 26.7 Å². The van der Waals surface area contributed by atoms with E-state index < -0.39 is 0 Å². The fourth-order valence-electron chi connectivity index (χ4n) is 1.83. The Hall–Kier alpha value is -1.42. The van der Waals surface area contributed by atoms with Crippen molar-refractivity contribution in [2.45, 2.75) is 32.7 Å². The highest BCUT2D eigenvalue weighted by atomic mass is 35.5. The average molecular weight is 284 g/mol. The molecule has 0 radical (unpaired) electrons. The molecule has 0 heterocycles. The first-order chi connectivity index (χ1) is 8.97. The predicted octanol–water partition coefficient (Wildman–Crippen LogP) is 3.72. The number of halogens is 1. The summed E-state index contributed by atoms with van der Waals surface area (Å²) in [5, 5.41) is 6.39. The lowest BCUT2D eigenvalue weighted by molar-refractivity contribution is 0.247. The maximum absolute atomic E-state index is 11.9. The standard InChI is InChI=1S/C14H22ClN3O/c1-5-11(6-2)16-14(19)17-12-9-10(15)7-8-13(12)18(3)4/h7-9,11H,5-6H2,1-4H3,(H2,16,17,19). The molecular formula is C14H22ClN3O. The number of hydrogen-bond donors (Lipinski definition) is 2. The van der Waals surface area contributed by atoms with Crippen molar-refractivity contribution in [3.63, 3.8) is 0 Å². The van der Waals surface area contributed by atoms with E-state index in [9.17, 15) is 4.79 Å². The summed E-state index contributed by atoms with van der Waals surface area (Å²) in [4.78, 5) is 13.9. The third kappa shape index (κ3) is 4.63. The van der Waals surface area contributed by atoms with Crippen LogP contribution in [-0.4, -0.2) is 26.2 Å². The van der Waals surface area contributed by atoms with Crippen LogP contribution in [0.4, 0.5) is 16.2 Å². The molecule has 0 unspecified atom stereocenters. The van der Waals surface area contributed by atoms with Gasteiger partial charge in [-0.2, -0.15) is 0 Å². The number of carbonyl (C=O) groups excluding carboxylic acids is 1. The highest BCUT2D eigenvalue weighted by Crippen LogP contribution is 2.27. The lowest BCUT2D eigenvalue weighted by Gasteiger charge is -2.20. The summed E-state index contributed by atoms with van der Waals surface area (Å²) in [6.07, 6.45) is 1.83. The van der Waals surface area contributed by atoms with Gasteiger partial charge in [-0.3, -0.25) is 0 Å². The van der Waals surface area contributed by atoms with Gasteiger partial charge >= 0.3 is 6.03 Å². The van der Waals surface area contributed by atoms with Crippen molar-refractivity contribution in [1.82, 2.24) is 5.32 Å². The van der Waals surface area contributed by atoms with E-state index in [-0.39, 0.29) is 12.1 Å². The van der Waals surface area contributed by atoms with Crippen LogP contribution in [0, 0.1) is 0 Å². The normalized spacial score (nSPS) is 10.4. The Morgan fingerprint density at radius 2 is 1.95 bits per heavy atom. The molecule has 1 aromatic carbocycles. The third-order valence-corrected chi connectivity index (χ3v) is 3.24. The van der Waals surface area contributed by atoms with Gasteiger partial charge < -0.3 is 15.5 Å². The van der Waals surface area contributed by atoms with E-state index in [0.717, 1.165) is 18.5 Å². The number of carbonyl (C=O) groups is 1. The quantitative estimate of drug-likeness (QED) is 0.865. The molecule has 0 fully saturated rings. The van der Waals surface area contributed by atoms with E-state index in [1.807, 2.05) is 25.1 Å². The van der Waals surface area contributed by atoms with Gasteiger partial charge in [0.15, 0.2) is 0 Å². The summed E-state index contributed by atoms with van der Waals surface area (Å²) in [7, 11) is 3.85. The van der Waals surface area contributed by atoms with E-state index in [2.05, 4.69) is 24.5 Å². The number of urea groups is 1. The monoisotopic (exact) mass is 283 g/mol. The zero-order chi connectivity index (χ0) is 14.4. The Bertz CT molecular complexity index is 431. The van der Waals surface area contributed by atoms with E-state index in [0.29, 0.717) is 10.7 Å². The van der Waals surface area contributed by atoms with Crippen molar-refractivity contribution in [1.29, 1.82) is 0 Å². The number of benzene rings is 1. The average Bonchev–Trinajstić information content (AvgIpc) is 2.35. The molecule has 19 heavy (non-hydrogen) atoms. The van der Waals surface area contributed by atoms with Gasteiger partial charge in [0, 0.05) is 25.2 Å². The third-order valence-electron chi connectivity index (χ3n) is 3.01. The molecule has 0 atom stereocenters. The molecule has 0 spiro atoms. The summed E-state index contributed by atoms with van der Waals surface area (Å²) in [5.74, 6) is 0. The predicted molar refractivity (Wildman–Crippen MR) is 82.3 cm³/mol. The lowest BCUT2D eigenvalue weighted by Crippen LogP contribution is -2.37. The molecule has 5 heteroatoms. The fourth-order valence-corrected chi connectivity index (χ4v) is 2.01. The number of amides is 2. The van der Waals surface area contributed by atoms with Crippen LogP contribution in [0.15, 0.2) is 18.2 Å². The van der Waals surface area contributed by atoms with Crippen LogP contribution in [0.5, 0.6) is 0 Å². The Morgan fingerprint density at radius 3 is 2.47 bits per heavy atom. The van der Waals surface area contributed by atoms with Crippen LogP contribution in [0.2, 0.25) is 5.02 Å². The van der Waals surface area contributed by atoms with E-state index in [1.165, 1.54) is 0 Å². The van der Waals surface area contributed by atoms with Crippen molar-refractivity contribution in [2.24, 2.45) is 0 Å². The van der Waals surface area contributed by atoms with Crippen LogP contribution >= 0.6 is 11.6 Å². The summed E-state index contributed by atoms with van der Waals surface area (Å²) in [6.45, 7) is 4.11. The van der Waals surface area contributed by atoms with Crippen LogP contribution in [0.25, 0.3) is 0 Å². The SMILES string of the molecule is CCC(CC)NC(=O)Nc1cc(Cl)ccc1N(C)C. The molecule has 2 amide bonds. The van der Waals surface area contributed by atoms with Crippen molar-refractivity contribution in [2.75, 3.05) is 24.3 Å². The minimum absolute atomic E-state index is 0.195. The Morgan fingerprint density at radius 1 is 1.32 bits per heavy atom. The summed E-state index contributed by atoms with van der Waals surface area (Å²) in [5.41, 5.74) is 1.63. The minimum atomic E-state index is -0.195. The first kappa shape index (κ1) is 15.6. The largest absolute Gasteiger partial charge is 0.376 e. The molecule has 106 valence electrons. The first-order valence-electron chi connectivity index (χ1n) is 6.52. The zero-order valence-corrected chi connectivity index (χ0v) is 12.7. The maximum Gasteiger partial charge on any atom is 0.319 e. The van der Waals surface area contributed by atoms with E-state index >= 15 is 0 Å². The van der Waals surface area contributed by atoms with Gasteiger partial charge in [0.25, 0.3) is 0 Å². The first-order valence-corrected chi connectivity index (χ1v) is 6.90. The molecule has 0 aliphatic heterocycles. The second-order valence-electron chi connectivity index (χ2n) is 4.67. The molecule has 1 rings (SSSR count). The van der Waals surface area contributed by atoms with Crippen LogP contribution < -0.4 is 15.5 Å². The number of hydrogen-bond acceptors (Lipinski definition) is 2. The molecule has 0 aliphatic rings. The van der Waals surface area contributed by atoms with Crippen LogP contribution in [-0.2, 0) is 0 Å². The highest BCUT2D eigenvalue weighted by molar-refractivity contribution is 6.31. The molecular weight excluding hydrogens is 262 g/mol. The number of nitrogens with zero attached hydrogens (tertiary/aromatic N) is 1. The molecule has 0 aromatic heterocycles. The fraction of sp³-hybridized carbons (Fsp3) is 0.500. The molecule has 2 N–H and O–H groups in total. The van der Waals surface area contributed by atoms with Crippen molar-refractivity contribution in [3.8, 4) is 0 Å². The number of rotatable bonds is 5. The number of nitrogens with one attached hydrogen (secondary N) is 2. The van der Waals surface area contributed by atoms with Gasteiger partial charge in [-0.05, 0) is 31.0 Å². The minimum Gasteiger partial charge on any atom is -0.376 e. The van der Waals surface area contributed by atoms with Gasteiger partial charge in [0.2, 0.25) is 0 Å². The van der Waals surface area contributed by atoms with Crippen molar-refractivity contribution < 1.29 is 4.79 Å². The maximum atomic E-state index is 11.9. The molecule has 0 bridgehead atoms. The smallest absolute Gasteiger partial charge is 0.319 e. The lowest BCUT2D eigenvalue weighted by atomic mass is 10.2. The molecule has 0 saturated carbocycles. The molecule has 0 aliphatic carbocycles. The Balaban J connectivity index is 2.80. The van der Waals surface area contributed by atoms with Gasteiger partial charge in [-0.15, -0.1) is 0 Å². The topological polar surface area (TPSA) is 44.4 Å². The van der Waals surface area contributed by atoms with Gasteiger partial charge in [-0.1, -0.05) is 25.4 Å². The molecule has 1 aromatic rings. The van der Waals surface area contributed by atoms with E-state index in [1.54, 1.807) is 12.1 Å². The molecule has 0 saturated heterocycles. The summed E-state index contributed by atoms with van der Waals surface area (Å²) < 4.78 is 0. The van der Waals surface area contributed by atoms with Gasteiger partial charge in [0.1, 0.15) is 0 Å². The van der Waals surface area contributed by atoms with E-state index in [4.69, 9.17) is 11.6 Å².